The maximum Gasteiger partial charge on any atom is 0.306 e. The first-order valence-corrected chi connectivity index (χ1v) is 15.0. The predicted molar refractivity (Wildman–Crippen MR) is 156 cm³/mol. The quantitative estimate of drug-likeness (QED) is 0.440. The summed E-state index contributed by atoms with van der Waals surface area (Å²) in [4.78, 5) is 16.0. The molecule has 7 nitrogen and oxygen atoms in total. The number of carboxylic acids is 1. The molecule has 39 heavy (non-hydrogen) atoms. The molecule has 2 heterocycles. The minimum absolute atomic E-state index is 0.126. The summed E-state index contributed by atoms with van der Waals surface area (Å²) in [6.07, 6.45) is 3.30. The summed E-state index contributed by atoms with van der Waals surface area (Å²) in [6, 6.07) is 13.5. The normalized spacial score (nSPS) is 24.0. The van der Waals surface area contributed by atoms with Crippen LogP contribution in [0.4, 0.5) is 0 Å². The standard InChI is InChI=1S/C31H41N3O4S/c1-21-4-11-29(38-19-25-6-5-23(17-22(25)2)18-34-12-14-37-15-13-34)27(16-21)28-20-39-31(33(28)3)32-26-9-7-24(8-10-26)30(35)36/h4-6,11,16-17,20,24,26,31-32H,7-10,12-15,18-19H2,1-3H3,(H,35,36). The van der Waals surface area contributed by atoms with E-state index in [9.17, 15) is 9.90 Å². The molecule has 2 fully saturated rings. The molecular weight excluding hydrogens is 510 g/mol. The number of carbonyl (C=O) groups is 1. The highest BCUT2D eigenvalue weighted by atomic mass is 32.2. The van der Waals surface area contributed by atoms with E-state index in [-0.39, 0.29) is 11.4 Å². The molecule has 8 heteroatoms. The molecule has 1 saturated heterocycles. The average molecular weight is 552 g/mol. The Balaban J connectivity index is 1.21. The summed E-state index contributed by atoms with van der Waals surface area (Å²) in [7, 11) is 2.12. The Morgan fingerprint density at radius 3 is 2.59 bits per heavy atom. The third-order valence-electron chi connectivity index (χ3n) is 8.21. The maximum atomic E-state index is 11.3. The fraction of sp³-hybridized carbons (Fsp3) is 0.516. The monoisotopic (exact) mass is 551 g/mol. The molecule has 2 N–H and O–H groups in total. The number of aliphatic carboxylic acids is 1. The topological polar surface area (TPSA) is 74.3 Å². The lowest BCUT2D eigenvalue weighted by molar-refractivity contribution is -0.142. The molecule has 2 aromatic carbocycles. The summed E-state index contributed by atoms with van der Waals surface area (Å²) in [5.41, 5.74) is 7.36. The van der Waals surface area contributed by atoms with E-state index >= 15 is 0 Å². The van der Waals surface area contributed by atoms with Gasteiger partial charge < -0.3 is 19.5 Å². The average Bonchev–Trinajstić information content (AvgIpc) is 3.29. The molecule has 0 spiro atoms. The van der Waals surface area contributed by atoms with Crippen molar-refractivity contribution >= 4 is 23.4 Å². The smallest absolute Gasteiger partial charge is 0.306 e. The van der Waals surface area contributed by atoms with Crippen molar-refractivity contribution < 1.29 is 19.4 Å². The SMILES string of the molecule is Cc1ccc(OCc2ccc(CN3CCOCC3)cc2C)c(C2=CSC(NC3CCC(C(=O)O)CC3)N2C)c1. The summed E-state index contributed by atoms with van der Waals surface area (Å²) < 4.78 is 11.9. The number of aryl methyl sites for hydroxylation is 2. The van der Waals surface area contributed by atoms with Gasteiger partial charge in [-0.25, -0.2) is 0 Å². The van der Waals surface area contributed by atoms with Gasteiger partial charge in [0.1, 0.15) is 17.9 Å². The largest absolute Gasteiger partial charge is 0.488 e. The van der Waals surface area contributed by atoms with Crippen molar-refractivity contribution in [3.63, 3.8) is 0 Å². The fourth-order valence-electron chi connectivity index (χ4n) is 5.70. The number of carboxylic acid groups (broad SMARTS) is 1. The molecule has 0 amide bonds. The van der Waals surface area contributed by atoms with Gasteiger partial charge in [-0.2, -0.15) is 0 Å². The number of nitrogens with one attached hydrogen (secondary N) is 1. The molecule has 210 valence electrons. The molecule has 1 unspecified atom stereocenters. The number of morpholine rings is 1. The van der Waals surface area contributed by atoms with Crippen LogP contribution in [0.2, 0.25) is 0 Å². The Hall–Kier alpha value is -2.52. The molecule has 1 atom stereocenters. The zero-order valence-electron chi connectivity index (χ0n) is 23.3. The van der Waals surface area contributed by atoms with Crippen LogP contribution in [0, 0.1) is 19.8 Å². The highest BCUT2D eigenvalue weighted by Crippen LogP contribution is 2.39. The first kappa shape index (κ1) is 28.0. The van der Waals surface area contributed by atoms with Gasteiger partial charge in [0, 0.05) is 38.3 Å². The van der Waals surface area contributed by atoms with E-state index in [0.29, 0.717) is 12.6 Å². The second-order valence-electron chi connectivity index (χ2n) is 11.1. The number of ether oxygens (including phenoxy) is 2. The van der Waals surface area contributed by atoms with E-state index in [0.717, 1.165) is 75.5 Å². The molecule has 2 aromatic rings. The van der Waals surface area contributed by atoms with E-state index in [2.05, 4.69) is 77.8 Å². The predicted octanol–water partition coefficient (Wildman–Crippen LogP) is 5.21. The number of benzene rings is 2. The van der Waals surface area contributed by atoms with Crippen LogP contribution in [0.5, 0.6) is 5.75 Å². The Kier molecular flexibility index (Phi) is 9.17. The highest BCUT2D eigenvalue weighted by molar-refractivity contribution is 8.03. The van der Waals surface area contributed by atoms with Crippen LogP contribution in [-0.2, 0) is 22.7 Å². The van der Waals surface area contributed by atoms with E-state index in [1.165, 1.54) is 22.3 Å². The molecule has 1 aliphatic carbocycles. The Morgan fingerprint density at radius 2 is 1.87 bits per heavy atom. The number of thioether (sulfide) groups is 1. The zero-order valence-corrected chi connectivity index (χ0v) is 24.1. The molecule has 1 saturated carbocycles. The van der Waals surface area contributed by atoms with Crippen molar-refractivity contribution in [1.82, 2.24) is 15.1 Å². The van der Waals surface area contributed by atoms with Crippen molar-refractivity contribution in [2.45, 2.75) is 64.2 Å². The summed E-state index contributed by atoms with van der Waals surface area (Å²) in [5, 5.41) is 15.3. The maximum absolute atomic E-state index is 11.3. The molecule has 3 aliphatic rings. The van der Waals surface area contributed by atoms with Gasteiger partial charge in [0.2, 0.25) is 0 Å². The van der Waals surface area contributed by atoms with Crippen LogP contribution in [0.15, 0.2) is 41.8 Å². The van der Waals surface area contributed by atoms with Gasteiger partial charge in [-0.15, -0.1) is 0 Å². The summed E-state index contributed by atoms with van der Waals surface area (Å²) in [6.45, 7) is 9.39. The Bertz CT molecular complexity index is 1190. The number of hydrogen-bond donors (Lipinski definition) is 2. The highest BCUT2D eigenvalue weighted by Gasteiger charge is 2.31. The minimum atomic E-state index is -0.657. The molecule has 5 rings (SSSR count). The second kappa shape index (κ2) is 12.8. The molecule has 0 bridgehead atoms. The number of nitrogens with zero attached hydrogens (tertiary/aromatic N) is 2. The fourth-order valence-corrected chi connectivity index (χ4v) is 6.82. The van der Waals surface area contributed by atoms with E-state index in [1.807, 2.05) is 0 Å². The van der Waals surface area contributed by atoms with Crippen molar-refractivity contribution in [2.75, 3.05) is 33.4 Å². The van der Waals surface area contributed by atoms with Crippen molar-refractivity contribution in [3.8, 4) is 5.75 Å². The van der Waals surface area contributed by atoms with Gasteiger partial charge in [0.25, 0.3) is 0 Å². The van der Waals surface area contributed by atoms with Gasteiger partial charge in [-0.05, 0) is 73.8 Å². The number of rotatable bonds is 9. The van der Waals surface area contributed by atoms with Crippen LogP contribution in [0.25, 0.3) is 5.70 Å². The van der Waals surface area contributed by atoms with Crippen molar-refractivity contribution in [2.24, 2.45) is 5.92 Å². The Labute approximate surface area is 236 Å². The van der Waals surface area contributed by atoms with Crippen LogP contribution in [0.3, 0.4) is 0 Å². The lowest BCUT2D eigenvalue weighted by Crippen LogP contribution is -2.45. The molecule has 2 aliphatic heterocycles. The van der Waals surface area contributed by atoms with E-state index < -0.39 is 5.97 Å². The second-order valence-corrected chi connectivity index (χ2v) is 12.0. The van der Waals surface area contributed by atoms with Gasteiger partial charge in [0.05, 0.1) is 24.8 Å². The van der Waals surface area contributed by atoms with Gasteiger partial charge >= 0.3 is 5.97 Å². The molecular formula is C31H41N3O4S. The molecule has 0 aromatic heterocycles. The van der Waals surface area contributed by atoms with Crippen molar-refractivity contribution in [1.29, 1.82) is 0 Å². The van der Waals surface area contributed by atoms with Crippen LogP contribution >= 0.6 is 11.8 Å². The van der Waals surface area contributed by atoms with E-state index in [4.69, 9.17) is 9.47 Å². The van der Waals surface area contributed by atoms with E-state index in [1.54, 1.807) is 11.8 Å². The third kappa shape index (κ3) is 6.98. The summed E-state index contributed by atoms with van der Waals surface area (Å²) >= 11 is 1.77. The third-order valence-corrected chi connectivity index (χ3v) is 9.28. The van der Waals surface area contributed by atoms with Crippen LogP contribution in [0.1, 0.15) is 53.5 Å². The first-order valence-electron chi connectivity index (χ1n) is 14.1. The van der Waals surface area contributed by atoms with Crippen LogP contribution < -0.4 is 10.1 Å². The lowest BCUT2D eigenvalue weighted by atomic mass is 9.86. The van der Waals surface area contributed by atoms with Gasteiger partial charge in [-0.1, -0.05) is 41.6 Å². The van der Waals surface area contributed by atoms with Gasteiger partial charge in [-0.3, -0.25) is 15.0 Å². The summed E-state index contributed by atoms with van der Waals surface area (Å²) in [5.74, 6) is 0.0388. The zero-order chi connectivity index (χ0) is 27.4. The molecule has 0 radical (unpaired) electrons. The minimum Gasteiger partial charge on any atom is -0.488 e. The lowest BCUT2D eigenvalue weighted by Gasteiger charge is -2.33. The van der Waals surface area contributed by atoms with Gasteiger partial charge in [0.15, 0.2) is 0 Å². The Morgan fingerprint density at radius 1 is 1.10 bits per heavy atom. The van der Waals surface area contributed by atoms with Crippen molar-refractivity contribution in [3.05, 3.63) is 69.6 Å². The van der Waals surface area contributed by atoms with Crippen LogP contribution in [-0.4, -0.2) is 65.8 Å². The number of hydrogen-bond acceptors (Lipinski definition) is 7. The first-order chi connectivity index (χ1) is 18.9.